The van der Waals surface area contributed by atoms with Crippen LogP contribution in [0.4, 0.5) is 0 Å². The van der Waals surface area contributed by atoms with Gasteiger partial charge < -0.3 is 26.1 Å². The molecule has 25 heavy (non-hydrogen) atoms. The molecule has 7 N–H and O–H groups in total. The Kier molecular flexibility index (Phi) is 12.2. The van der Waals surface area contributed by atoms with Gasteiger partial charge >= 0.3 is 23.9 Å². The van der Waals surface area contributed by atoms with Gasteiger partial charge in [0.2, 0.25) is 0 Å². The van der Waals surface area contributed by atoms with Crippen molar-refractivity contribution in [3.8, 4) is 0 Å². The summed E-state index contributed by atoms with van der Waals surface area (Å²) in [6.45, 7) is 0. The number of hydrogen-bond donors (Lipinski definition) is 4. The highest BCUT2D eigenvalue weighted by molar-refractivity contribution is 5.90. The first-order valence-electron chi connectivity index (χ1n) is 8.16. The Balaban J connectivity index is 3.82. The Morgan fingerprint density at radius 1 is 0.800 bits per heavy atom. The summed E-state index contributed by atoms with van der Waals surface area (Å²) in [4.78, 5) is 48.4. The molecule has 0 fully saturated rings. The quantitative estimate of drug-likeness (QED) is 0.147. The molecule has 0 heterocycles. The van der Waals surface area contributed by atoms with E-state index in [1.165, 1.54) is 0 Å². The largest absolute Gasteiger partial charge is 0.481 e. The highest BCUT2D eigenvalue weighted by Gasteiger charge is 2.23. The zero-order chi connectivity index (χ0) is 19.2. The third kappa shape index (κ3) is 12.0. The first-order valence-corrected chi connectivity index (χ1v) is 8.16. The minimum absolute atomic E-state index is 0.117. The standard InChI is InChI=1S/C15H27N3O7/c16-10(6-4-2-1-3-5-7-13(21)25-18)14(22)24-15(23)11(17)8-9-12(19)20/h10-11H,1-9,16-18H2,(H,19,20). The maximum absolute atomic E-state index is 11.7. The Morgan fingerprint density at radius 2 is 1.32 bits per heavy atom. The lowest BCUT2D eigenvalue weighted by molar-refractivity contribution is -0.161. The molecule has 0 saturated carbocycles. The summed E-state index contributed by atoms with van der Waals surface area (Å²) in [5.74, 6) is 1.32. The zero-order valence-corrected chi connectivity index (χ0v) is 14.1. The van der Waals surface area contributed by atoms with E-state index in [0.29, 0.717) is 19.3 Å². The first kappa shape index (κ1) is 23.0. The summed E-state index contributed by atoms with van der Waals surface area (Å²) in [6, 6.07) is -2.12. The van der Waals surface area contributed by atoms with Gasteiger partial charge in [-0.15, -0.1) is 0 Å². The Labute approximate surface area is 145 Å². The molecule has 10 heteroatoms. The molecule has 144 valence electrons. The van der Waals surface area contributed by atoms with Crippen molar-refractivity contribution in [3.05, 3.63) is 0 Å². The topological polar surface area (TPSA) is 185 Å². The number of esters is 2. The van der Waals surface area contributed by atoms with Crippen molar-refractivity contribution < 1.29 is 33.9 Å². The van der Waals surface area contributed by atoms with Gasteiger partial charge in [0.15, 0.2) is 0 Å². The van der Waals surface area contributed by atoms with Crippen LogP contribution < -0.4 is 17.4 Å². The maximum atomic E-state index is 11.7. The van der Waals surface area contributed by atoms with Gasteiger partial charge in [0, 0.05) is 12.8 Å². The molecule has 0 aliphatic heterocycles. The van der Waals surface area contributed by atoms with Gasteiger partial charge in [-0.05, 0) is 19.3 Å². The highest BCUT2D eigenvalue weighted by atomic mass is 16.7. The molecule has 0 bridgehead atoms. The smallest absolute Gasteiger partial charge is 0.330 e. The van der Waals surface area contributed by atoms with Gasteiger partial charge in [-0.2, -0.15) is 5.90 Å². The summed E-state index contributed by atoms with van der Waals surface area (Å²) >= 11 is 0. The van der Waals surface area contributed by atoms with E-state index < -0.39 is 36.0 Å². The lowest BCUT2D eigenvalue weighted by Crippen LogP contribution is -2.39. The van der Waals surface area contributed by atoms with Crippen LogP contribution in [0, 0.1) is 0 Å². The average Bonchev–Trinajstić information content (AvgIpc) is 2.57. The number of hydrogen-bond acceptors (Lipinski definition) is 9. The molecule has 0 aromatic carbocycles. The van der Waals surface area contributed by atoms with E-state index in [1.54, 1.807) is 0 Å². The summed E-state index contributed by atoms with van der Waals surface area (Å²) in [5.41, 5.74) is 11.1. The highest BCUT2D eigenvalue weighted by Crippen LogP contribution is 2.09. The fourth-order valence-corrected chi connectivity index (χ4v) is 1.99. The minimum atomic E-state index is -1.17. The van der Waals surface area contributed by atoms with Crippen molar-refractivity contribution in [3.63, 3.8) is 0 Å². The SMILES string of the molecule is NOC(=O)CCCCCCCC(N)C(=O)OC(=O)C(N)CCC(=O)O. The summed E-state index contributed by atoms with van der Waals surface area (Å²) in [5, 5.41) is 8.51. The van der Waals surface area contributed by atoms with Crippen LogP contribution in [0.15, 0.2) is 0 Å². The van der Waals surface area contributed by atoms with Crippen LogP contribution in [0.1, 0.15) is 57.8 Å². The summed E-state index contributed by atoms with van der Waals surface area (Å²) < 4.78 is 4.56. The number of carbonyl (C=O) groups excluding carboxylic acids is 3. The van der Waals surface area contributed by atoms with Gasteiger partial charge in [0.1, 0.15) is 12.1 Å². The van der Waals surface area contributed by atoms with Crippen molar-refractivity contribution >= 4 is 23.9 Å². The first-order chi connectivity index (χ1) is 11.8. The number of rotatable bonds is 13. The van der Waals surface area contributed by atoms with Crippen molar-refractivity contribution in [2.75, 3.05) is 0 Å². The van der Waals surface area contributed by atoms with Crippen LogP contribution in [0.5, 0.6) is 0 Å². The summed E-state index contributed by atoms with van der Waals surface area (Å²) in [7, 11) is 0. The predicted octanol–water partition coefficient (Wildman–Crippen LogP) is -0.277. The minimum Gasteiger partial charge on any atom is -0.481 e. The molecule has 0 aromatic heterocycles. The van der Waals surface area contributed by atoms with Gasteiger partial charge in [0.05, 0.1) is 0 Å². The van der Waals surface area contributed by atoms with Crippen molar-refractivity contribution in [2.24, 2.45) is 17.4 Å². The van der Waals surface area contributed by atoms with Crippen molar-refractivity contribution in [1.29, 1.82) is 0 Å². The number of nitrogens with two attached hydrogens (primary N) is 3. The normalized spacial score (nSPS) is 12.9. The fourth-order valence-electron chi connectivity index (χ4n) is 1.99. The van der Waals surface area contributed by atoms with Crippen LogP contribution >= 0.6 is 0 Å². The molecular formula is C15H27N3O7. The van der Waals surface area contributed by atoms with Crippen molar-refractivity contribution in [2.45, 2.75) is 69.9 Å². The third-order valence-corrected chi connectivity index (χ3v) is 3.50. The fraction of sp³-hybridized carbons (Fsp3) is 0.733. The molecule has 0 aliphatic carbocycles. The van der Waals surface area contributed by atoms with Gasteiger partial charge in [-0.25, -0.2) is 9.59 Å². The molecule has 0 aliphatic rings. The van der Waals surface area contributed by atoms with Gasteiger partial charge in [0.25, 0.3) is 0 Å². The molecule has 0 radical (unpaired) electrons. The monoisotopic (exact) mass is 361 g/mol. The van der Waals surface area contributed by atoms with E-state index in [4.69, 9.17) is 22.5 Å². The molecule has 0 aromatic rings. The van der Waals surface area contributed by atoms with E-state index >= 15 is 0 Å². The second-order valence-electron chi connectivity index (χ2n) is 5.68. The predicted molar refractivity (Wildman–Crippen MR) is 86.5 cm³/mol. The van der Waals surface area contributed by atoms with E-state index in [1.807, 2.05) is 0 Å². The molecular weight excluding hydrogens is 334 g/mol. The molecule has 2 atom stereocenters. The Morgan fingerprint density at radius 3 is 1.88 bits per heavy atom. The van der Waals surface area contributed by atoms with Crippen LogP contribution in [-0.2, 0) is 28.8 Å². The number of unbranched alkanes of at least 4 members (excludes halogenated alkanes) is 4. The van der Waals surface area contributed by atoms with E-state index in [2.05, 4.69) is 9.57 Å². The van der Waals surface area contributed by atoms with Crippen LogP contribution in [0.25, 0.3) is 0 Å². The van der Waals surface area contributed by atoms with E-state index in [-0.39, 0.29) is 19.3 Å². The number of aliphatic carboxylic acids is 1. The number of ether oxygens (including phenoxy) is 1. The number of carboxylic acid groups (broad SMARTS) is 1. The molecule has 10 nitrogen and oxygen atoms in total. The molecule has 0 saturated heterocycles. The zero-order valence-electron chi connectivity index (χ0n) is 14.1. The molecule has 0 amide bonds. The van der Waals surface area contributed by atoms with Crippen LogP contribution in [0.3, 0.4) is 0 Å². The number of carbonyl (C=O) groups is 4. The third-order valence-electron chi connectivity index (χ3n) is 3.50. The summed E-state index contributed by atoms with van der Waals surface area (Å²) in [6.07, 6.45) is 4.04. The second-order valence-corrected chi connectivity index (χ2v) is 5.68. The maximum Gasteiger partial charge on any atom is 0.330 e. The molecule has 2 unspecified atom stereocenters. The Bertz CT molecular complexity index is 456. The average molecular weight is 361 g/mol. The van der Waals surface area contributed by atoms with E-state index in [9.17, 15) is 19.2 Å². The van der Waals surface area contributed by atoms with E-state index in [0.717, 1.165) is 19.3 Å². The lowest BCUT2D eigenvalue weighted by atomic mass is 10.1. The van der Waals surface area contributed by atoms with Crippen molar-refractivity contribution in [1.82, 2.24) is 0 Å². The lowest BCUT2D eigenvalue weighted by Gasteiger charge is -2.13. The van der Waals surface area contributed by atoms with Gasteiger partial charge in [-0.1, -0.05) is 25.7 Å². The molecule has 0 rings (SSSR count). The Hall–Kier alpha value is -2.04. The van der Waals surface area contributed by atoms with Crippen LogP contribution in [0.2, 0.25) is 0 Å². The molecule has 0 spiro atoms. The van der Waals surface area contributed by atoms with Gasteiger partial charge in [-0.3, -0.25) is 9.59 Å². The second kappa shape index (κ2) is 13.3. The number of carboxylic acids is 1. The van der Waals surface area contributed by atoms with Crippen LogP contribution in [-0.4, -0.2) is 41.1 Å².